The third-order valence-electron chi connectivity index (χ3n) is 2.43. The molecule has 0 unspecified atom stereocenters. The summed E-state index contributed by atoms with van der Waals surface area (Å²) in [5.41, 5.74) is 7.22. The van der Waals surface area contributed by atoms with E-state index in [2.05, 4.69) is 15.1 Å². The second-order valence-electron chi connectivity index (χ2n) is 3.60. The van der Waals surface area contributed by atoms with Crippen molar-refractivity contribution in [3.63, 3.8) is 0 Å². The fourth-order valence-electron chi connectivity index (χ4n) is 1.44. The van der Waals surface area contributed by atoms with Gasteiger partial charge < -0.3 is 10.5 Å². The highest BCUT2D eigenvalue weighted by molar-refractivity contribution is 6.34. The molecule has 2 aromatic heterocycles. The van der Waals surface area contributed by atoms with E-state index in [4.69, 9.17) is 22.1 Å². The van der Waals surface area contributed by atoms with Crippen molar-refractivity contribution < 1.29 is 4.74 Å². The summed E-state index contributed by atoms with van der Waals surface area (Å²) >= 11 is 5.95. The minimum absolute atomic E-state index is 0.191. The summed E-state index contributed by atoms with van der Waals surface area (Å²) in [4.78, 5) is 7.71. The lowest BCUT2D eigenvalue weighted by molar-refractivity contribution is 0.454. The molecule has 0 aliphatic heterocycles. The maximum atomic E-state index is 5.95. The number of aryl methyl sites for hydroxylation is 2. The quantitative estimate of drug-likeness (QED) is 0.884. The fraction of sp³-hybridized carbons (Fsp3) is 0.300. The van der Waals surface area contributed by atoms with Gasteiger partial charge in [-0.05, 0) is 13.8 Å². The number of aromatic nitrogens is 4. The maximum Gasteiger partial charge on any atom is 0.243 e. The molecule has 0 saturated heterocycles. The summed E-state index contributed by atoms with van der Waals surface area (Å²) in [5.74, 6) is 1.06. The van der Waals surface area contributed by atoms with Crippen LogP contribution >= 0.6 is 11.6 Å². The van der Waals surface area contributed by atoms with Gasteiger partial charge in [0.05, 0.1) is 5.69 Å². The molecule has 90 valence electrons. The van der Waals surface area contributed by atoms with Gasteiger partial charge in [0.1, 0.15) is 22.9 Å². The molecule has 6 nitrogen and oxygen atoms in total. The van der Waals surface area contributed by atoms with Gasteiger partial charge in [-0.2, -0.15) is 10.1 Å². The highest BCUT2D eigenvalue weighted by atomic mass is 35.5. The van der Waals surface area contributed by atoms with Crippen LogP contribution in [0.1, 0.15) is 11.4 Å². The molecule has 2 N–H and O–H groups in total. The van der Waals surface area contributed by atoms with Crippen LogP contribution in [0.2, 0.25) is 5.02 Å². The van der Waals surface area contributed by atoms with Crippen LogP contribution < -0.4 is 10.5 Å². The molecular weight excluding hydrogens is 242 g/mol. The second kappa shape index (κ2) is 4.21. The van der Waals surface area contributed by atoms with Gasteiger partial charge in [-0.3, -0.25) is 4.68 Å². The van der Waals surface area contributed by atoms with E-state index in [1.807, 2.05) is 20.9 Å². The monoisotopic (exact) mass is 253 g/mol. The first-order valence-electron chi connectivity index (χ1n) is 4.94. The molecule has 17 heavy (non-hydrogen) atoms. The maximum absolute atomic E-state index is 5.95. The molecule has 2 rings (SSSR count). The van der Waals surface area contributed by atoms with Gasteiger partial charge >= 0.3 is 0 Å². The van der Waals surface area contributed by atoms with E-state index in [0.717, 1.165) is 11.4 Å². The smallest absolute Gasteiger partial charge is 0.243 e. The van der Waals surface area contributed by atoms with Crippen LogP contribution in [0.4, 0.5) is 5.82 Å². The van der Waals surface area contributed by atoms with Gasteiger partial charge in [-0.15, -0.1) is 0 Å². The van der Waals surface area contributed by atoms with Gasteiger partial charge in [0, 0.05) is 7.05 Å². The molecular formula is C10H12ClN5O. The lowest BCUT2D eigenvalue weighted by Gasteiger charge is -2.07. The third kappa shape index (κ3) is 2.03. The van der Waals surface area contributed by atoms with Crippen LogP contribution in [0, 0.1) is 13.8 Å². The lowest BCUT2D eigenvalue weighted by Crippen LogP contribution is -1.97. The summed E-state index contributed by atoms with van der Waals surface area (Å²) in [6.45, 7) is 3.74. The number of nitrogen functional groups attached to an aromatic ring is 1. The first-order valence-corrected chi connectivity index (χ1v) is 5.32. The van der Waals surface area contributed by atoms with E-state index in [-0.39, 0.29) is 16.7 Å². The Morgan fingerprint density at radius 2 is 2.06 bits per heavy atom. The summed E-state index contributed by atoms with van der Waals surface area (Å²) < 4.78 is 7.35. The van der Waals surface area contributed by atoms with Crippen LogP contribution in [-0.2, 0) is 7.05 Å². The molecule has 0 spiro atoms. The Balaban J connectivity index is 2.41. The predicted molar refractivity (Wildman–Crippen MR) is 64.2 cm³/mol. The molecule has 0 saturated carbocycles. The van der Waals surface area contributed by atoms with Crippen LogP contribution in [-0.4, -0.2) is 19.7 Å². The Morgan fingerprint density at radius 3 is 2.65 bits per heavy atom. The van der Waals surface area contributed by atoms with E-state index in [1.165, 1.54) is 6.33 Å². The molecule has 0 aromatic carbocycles. The van der Waals surface area contributed by atoms with Crippen LogP contribution in [0.15, 0.2) is 6.33 Å². The van der Waals surface area contributed by atoms with E-state index in [1.54, 1.807) is 4.68 Å². The number of ether oxygens (including phenoxy) is 1. The number of rotatable bonds is 2. The zero-order valence-corrected chi connectivity index (χ0v) is 10.5. The first-order chi connectivity index (χ1) is 8.00. The summed E-state index contributed by atoms with van der Waals surface area (Å²) in [7, 11) is 1.84. The third-order valence-corrected chi connectivity index (χ3v) is 2.78. The Hall–Kier alpha value is -1.82. The lowest BCUT2D eigenvalue weighted by atomic mass is 10.3. The Labute approximate surface area is 103 Å². The molecule has 0 aliphatic carbocycles. The van der Waals surface area contributed by atoms with E-state index < -0.39 is 0 Å². The molecule has 0 atom stereocenters. The van der Waals surface area contributed by atoms with Crippen molar-refractivity contribution in [2.75, 3.05) is 5.73 Å². The minimum atomic E-state index is 0.191. The average Bonchev–Trinajstić information content (AvgIpc) is 2.51. The standard InChI is InChI=1S/C10H12ClN5O/c1-5-8(6(2)16(3)15-5)17-10-7(11)9(12)13-4-14-10/h4H,1-3H3,(H2,12,13,14). The van der Waals surface area contributed by atoms with Crippen molar-refractivity contribution in [3.8, 4) is 11.6 Å². The molecule has 0 aliphatic rings. The Kier molecular flexibility index (Phi) is 2.89. The number of nitrogens with two attached hydrogens (primary N) is 1. The van der Waals surface area contributed by atoms with Crippen molar-refractivity contribution in [3.05, 3.63) is 22.7 Å². The highest BCUT2D eigenvalue weighted by Gasteiger charge is 2.15. The molecule has 2 aromatic rings. The van der Waals surface area contributed by atoms with Crippen molar-refractivity contribution in [2.45, 2.75) is 13.8 Å². The predicted octanol–water partition coefficient (Wildman–Crippen LogP) is 1.85. The number of hydrogen-bond acceptors (Lipinski definition) is 5. The van der Waals surface area contributed by atoms with Crippen molar-refractivity contribution >= 4 is 17.4 Å². The number of anilines is 1. The molecule has 7 heteroatoms. The summed E-state index contributed by atoms with van der Waals surface area (Å²) in [5, 5.41) is 4.44. The zero-order chi connectivity index (χ0) is 12.6. The molecule has 0 bridgehead atoms. The zero-order valence-electron chi connectivity index (χ0n) is 9.73. The van der Waals surface area contributed by atoms with Crippen molar-refractivity contribution in [2.24, 2.45) is 7.05 Å². The SMILES string of the molecule is Cc1nn(C)c(C)c1Oc1ncnc(N)c1Cl. The van der Waals surface area contributed by atoms with E-state index >= 15 is 0 Å². The van der Waals surface area contributed by atoms with Crippen LogP contribution in [0.5, 0.6) is 11.6 Å². The average molecular weight is 254 g/mol. The molecule has 0 amide bonds. The summed E-state index contributed by atoms with van der Waals surface area (Å²) in [6.07, 6.45) is 1.30. The summed E-state index contributed by atoms with van der Waals surface area (Å²) in [6, 6.07) is 0. The topological polar surface area (TPSA) is 78.8 Å². The Morgan fingerprint density at radius 1 is 1.35 bits per heavy atom. The van der Waals surface area contributed by atoms with E-state index in [0.29, 0.717) is 5.75 Å². The highest BCUT2D eigenvalue weighted by Crippen LogP contribution is 2.32. The van der Waals surface area contributed by atoms with Gasteiger partial charge in [-0.1, -0.05) is 11.6 Å². The normalized spacial score (nSPS) is 10.6. The molecule has 0 radical (unpaired) electrons. The molecule has 0 fully saturated rings. The van der Waals surface area contributed by atoms with Crippen LogP contribution in [0.25, 0.3) is 0 Å². The van der Waals surface area contributed by atoms with Crippen molar-refractivity contribution in [1.29, 1.82) is 0 Å². The van der Waals surface area contributed by atoms with Gasteiger partial charge in [-0.25, -0.2) is 4.98 Å². The van der Waals surface area contributed by atoms with Gasteiger partial charge in [0.2, 0.25) is 5.88 Å². The van der Waals surface area contributed by atoms with E-state index in [9.17, 15) is 0 Å². The minimum Gasteiger partial charge on any atom is -0.433 e. The van der Waals surface area contributed by atoms with Gasteiger partial charge in [0.25, 0.3) is 0 Å². The number of nitrogens with zero attached hydrogens (tertiary/aromatic N) is 4. The number of hydrogen-bond donors (Lipinski definition) is 1. The van der Waals surface area contributed by atoms with Crippen LogP contribution in [0.3, 0.4) is 0 Å². The largest absolute Gasteiger partial charge is 0.433 e. The molecule has 2 heterocycles. The fourth-order valence-corrected chi connectivity index (χ4v) is 1.57. The van der Waals surface area contributed by atoms with Gasteiger partial charge in [0.15, 0.2) is 5.75 Å². The first kappa shape index (κ1) is 11.7. The Bertz CT molecular complexity index is 566. The van der Waals surface area contributed by atoms with Crippen molar-refractivity contribution in [1.82, 2.24) is 19.7 Å². The second-order valence-corrected chi connectivity index (χ2v) is 3.98. The number of halogens is 1.